The molecule has 7 nitrogen and oxygen atoms in total. The first-order valence-electron chi connectivity index (χ1n) is 9.63. The number of benzene rings is 1. The number of halogens is 2. The Morgan fingerprint density at radius 3 is 2.45 bits per heavy atom. The van der Waals surface area contributed by atoms with Crippen LogP contribution in [-0.2, 0) is 0 Å². The molecule has 1 saturated carbocycles. The SMILES string of the molecule is CC1(C)CN(c2c(F)c(N)c3c(=O)c(C(=O)O)cn(C4CC4)c3c2F)CCC1N. The number of carboxylic acids is 1. The molecule has 2 fully saturated rings. The predicted octanol–water partition coefficient (Wildman–Crippen LogP) is 2.46. The highest BCUT2D eigenvalue weighted by Crippen LogP contribution is 2.43. The third kappa shape index (κ3) is 2.95. The number of carboxylic acid groups (broad SMARTS) is 1. The topological polar surface area (TPSA) is 115 Å². The van der Waals surface area contributed by atoms with Crippen LogP contribution in [0.1, 0.15) is 49.5 Å². The van der Waals surface area contributed by atoms with Gasteiger partial charge in [0.1, 0.15) is 11.3 Å². The smallest absolute Gasteiger partial charge is 0.341 e. The van der Waals surface area contributed by atoms with E-state index in [1.807, 2.05) is 13.8 Å². The summed E-state index contributed by atoms with van der Waals surface area (Å²) >= 11 is 0. The number of nitrogens with two attached hydrogens (primary N) is 2. The number of hydrogen-bond acceptors (Lipinski definition) is 5. The summed E-state index contributed by atoms with van der Waals surface area (Å²) in [5.74, 6) is -3.38. The Hall–Kier alpha value is -2.68. The van der Waals surface area contributed by atoms with Gasteiger partial charge in [-0.05, 0) is 24.7 Å². The monoisotopic (exact) mass is 406 g/mol. The summed E-state index contributed by atoms with van der Waals surface area (Å²) < 4.78 is 32.4. The highest BCUT2D eigenvalue weighted by molar-refractivity contribution is 5.99. The van der Waals surface area contributed by atoms with Crippen LogP contribution in [-0.4, -0.2) is 34.8 Å². The van der Waals surface area contributed by atoms with Gasteiger partial charge in [-0.2, -0.15) is 0 Å². The van der Waals surface area contributed by atoms with Gasteiger partial charge in [-0.1, -0.05) is 13.8 Å². The van der Waals surface area contributed by atoms with Crippen molar-refractivity contribution >= 4 is 28.2 Å². The Balaban J connectivity index is 2.02. The van der Waals surface area contributed by atoms with Gasteiger partial charge < -0.3 is 26.0 Å². The van der Waals surface area contributed by atoms with Gasteiger partial charge in [0.15, 0.2) is 11.6 Å². The number of hydrogen-bond donors (Lipinski definition) is 3. The molecule has 2 heterocycles. The van der Waals surface area contributed by atoms with Gasteiger partial charge in [-0.3, -0.25) is 4.79 Å². The third-order valence-corrected chi connectivity index (χ3v) is 6.16. The summed E-state index contributed by atoms with van der Waals surface area (Å²) in [6, 6.07) is -0.250. The second kappa shape index (κ2) is 6.41. The summed E-state index contributed by atoms with van der Waals surface area (Å²) in [5, 5.41) is 8.95. The molecule has 9 heteroatoms. The van der Waals surface area contributed by atoms with Crippen molar-refractivity contribution in [2.45, 2.75) is 45.2 Å². The lowest BCUT2D eigenvalue weighted by molar-refractivity contribution is 0.0695. The number of aromatic carboxylic acids is 1. The number of anilines is 2. The maximum absolute atomic E-state index is 15.7. The first kappa shape index (κ1) is 19.6. The fourth-order valence-corrected chi connectivity index (χ4v) is 4.19. The van der Waals surface area contributed by atoms with Crippen LogP contribution in [0.2, 0.25) is 0 Å². The van der Waals surface area contributed by atoms with E-state index >= 15 is 8.78 Å². The van der Waals surface area contributed by atoms with Crippen molar-refractivity contribution in [1.29, 1.82) is 0 Å². The Morgan fingerprint density at radius 1 is 1.24 bits per heavy atom. The van der Waals surface area contributed by atoms with E-state index < -0.39 is 39.7 Å². The van der Waals surface area contributed by atoms with Crippen LogP contribution < -0.4 is 21.8 Å². The Bertz CT molecular complexity index is 1090. The van der Waals surface area contributed by atoms with Gasteiger partial charge in [-0.25, -0.2) is 13.6 Å². The molecule has 1 aromatic heterocycles. The number of rotatable bonds is 3. The number of pyridine rings is 1. The van der Waals surface area contributed by atoms with Gasteiger partial charge in [0.05, 0.1) is 16.6 Å². The fourth-order valence-electron chi connectivity index (χ4n) is 4.19. The summed E-state index contributed by atoms with van der Waals surface area (Å²) in [6.45, 7) is 4.55. The van der Waals surface area contributed by atoms with Gasteiger partial charge in [0, 0.05) is 31.4 Å². The van der Waals surface area contributed by atoms with Crippen LogP contribution in [0.3, 0.4) is 0 Å². The zero-order chi connectivity index (χ0) is 21.2. The van der Waals surface area contributed by atoms with Crippen LogP contribution >= 0.6 is 0 Å². The van der Waals surface area contributed by atoms with E-state index in [0.717, 1.165) is 6.20 Å². The third-order valence-electron chi connectivity index (χ3n) is 6.16. The molecular formula is C20H24F2N4O3. The van der Waals surface area contributed by atoms with E-state index in [2.05, 4.69) is 0 Å². The van der Waals surface area contributed by atoms with Gasteiger partial charge in [-0.15, -0.1) is 0 Å². The van der Waals surface area contributed by atoms with E-state index in [1.165, 1.54) is 4.57 Å². The van der Waals surface area contributed by atoms with Crippen LogP contribution in [0.15, 0.2) is 11.0 Å². The molecule has 1 aliphatic heterocycles. The van der Waals surface area contributed by atoms with Crippen molar-refractivity contribution in [3.63, 3.8) is 0 Å². The van der Waals surface area contributed by atoms with Crippen molar-refractivity contribution in [3.05, 3.63) is 33.6 Å². The summed E-state index contributed by atoms with van der Waals surface area (Å²) in [6.07, 6.45) is 3.13. The van der Waals surface area contributed by atoms with E-state index in [0.29, 0.717) is 32.4 Å². The van der Waals surface area contributed by atoms with E-state index in [4.69, 9.17) is 11.5 Å². The van der Waals surface area contributed by atoms with Crippen molar-refractivity contribution in [2.75, 3.05) is 23.7 Å². The van der Waals surface area contributed by atoms with Gasteiger partial charge in [0.25, 0.3) is 0 Å². The highest BCUT2D eigenvalue weighted by Gasteiger charge is 2.38. The maximum Gasteiger partial charge on any atom is 0.341 e. The first-order chi connectivity index (χ1) is 13.5. The zero-order valence-corrected chi connectivity index (χ0v) is 16.3. The Kier molecular flexibility index (Phi) is 4.34. The summed E-state index contributed by atoms with van der Waals surface area (Å²) in [5.41, 5.74) is 9.26. The number of nitrogens with zero attached hydrogens (tertiary/aromatic N) is 2. The molecule has 156 valence electrons. The lowest BCUT2D eigenvalue weighted by atomic mass is 9.79. The molecule has 1 saturated heterocycles. The van der Waals surface area contributed by atoms with Crippen LogP contribution in [0.4, 0.5) is 20.2 Å². The minimum atomic E-state index is -1.46. The lowest BCUT2D eigenvalue weighted by Crippen LogP contribution is -2.53. The summed E-state index contributed by atoms with van der Waals surface area (Å²) in [7, 11) is 0. The summed E-state index contributed by atoms with van der Waals surface area (Å²) in [4.78, 5) is 25.8. The van der Waals surface area contributed by atoms with Crippen molar-refractivity contribution in [3.8, 4) is 0 Å². The maximum atomic E-state index is 15.7. The first-order valence-corrected chi connectivity index (χ1v) is 9.63. The number of piperidine rings is 1. The van der Waals surface area contributed by atoms with Crippen molar-refractivity contribution in [1.82, 2.24) is 4.57 Å². The van der Waals surface area contributed by atoms with E-state index in [9.17, 15) is 14.7 Å². The molecule has 0 spiro atoms. The largest absolute Gasteiger partial charge is 0.477 e. The Labute approximate surface area is 165 Å². The molecule has 0 amide bonds. The molecule has 1 atom stereocenters. The van der Waals surface area contributed by atoms with Crippen LogP contribution in [0, 0.1) is 17.0 Å². The minimum absolute atomic E-state index is 0.106. The molecule has 0 radical (unpaired) electrons. The van der Waals surface area contributed by atoms with Crippen LogP contribution in [0.25, 0.3) is 10.9 Å². The molecule has 5 N–H and O–H groups in total. The lowest BCUT2D eigenvalue weighted by Gasteiger charge is -2.44. The van der Waals surface area contributed by atoms with Gasteiger partial charge >= 0.3 is 5.97 Å². The average molecular weight is 406 g/mol. The molecule has 1 aromatic carbocycles. The second-order valence-corrected chi connectivity index (χ2v) is 8.73. The molecule has 1 unspecified atom stereocenters. The molecular weight excluding hydrogens is 382 g/mol. The Morgan fingerprint density at radius 2 is 1.90 bits per heavy atom. The van der Waals surface area contributed by atoms with Crippen LogP contribution in [0.5, 0.6) is 0 Å². The molecule has 0 bridgehead atoms. The molecule has 29 heavy (non-hydrogen) atoms. The molecule has 2 aromatic rings. The zero-order valence-electron chi connectivity index (χ0n) is 16.3. The van der Waals surface area contributed by atoms with Crippen molar-refractivity contribution < 1.29 is 18.7 Å². The predicted molar refractivity (Wildman–Crippen MR) is 106 cm³/mol. The second-order valence-electron chi connectivity index (χ2n) is 8.73. The molecule has 2 aliphatic rings. The molecule has 4 rings (SSSR count). The van der Waals surface area contributed by atoms with Gasteiger partial charge in [0.2, 0.25) is 5.43 Å². The minimum Gasteiger partial charge on any atom is -0.477 e. The number of aromatic nitrogens is 1. The standard InChI is InChI=1S/C20H24F2N4O3/c1-20(2)8-25(6-5-11(20)23)17-13(21)15(24)12-16(14(17)22)26(9-3-4-9)7-10(18(12)27)19(28)29/h7,9,11H,3-6,8,23-24H2,1-2H3,(H,28,29). The number of carbonyl (C=O) groups is 1. The number of nitrogen functional groups attached to an aromatic ring is 1. The normalized spacial score (nSPS) is 21.6. The van der Waals surface area contributed by atoms with E-state index in [1.54, 1.807) is 4.90 Å². The fraction of sp³-hybridized carbons (Fsp3) is 0.500. The average Bonchev–Trinajstić information content (AvgIpc) is 3.47. The quantitative estimate of drug-likeness (QED) is 0.675. The van der Waals surface area contributed by atoms with Crippen molar-refractivity contribution in [2.24, 2.45) is 11.1 Å². The number of fused-ring (bicyclic) bond motifs is 1. The molecule has 1 aliphatic carbocycles. The highest BCUT2D eigenvalue weighted by atomic mass is 19.1. The van der Waals surface area contributed by atoms with E-state index in [-0.39, 0.29) is 28.7 Å².